The van der Waals surface area contributed by atoms with E-state index >= 15 is 0 Å². The molecule has 0 saturated heterocycles. The first-order chi connectivity index (χ1) is 25.2. The van der Waals surface area contributed by atoms with E-state index in [1.807, 2.05) is 18.3 Å². The summed E-state index contributed by atoms with van der Waals surface area (Å²) in [5.41, 5.74) is 11.3. The standard InChI is InChI=1S/C26H29N2O.C23H34GeN.Ir/c1-6-17(7-2)18-13-14-27-23(15-18)22-10-8-9-20-21-12-11-19(16-26(3,4)5)28-25(21)29-24(20)22;1-22(2,3)15-18-14-21(25-16-20(18)24(7,8)9)17-11-10-12-19(13-17)23(4,5)6;/h8-9,11-15,17H,6-7,16H2,1-5H3;10,12-14,16H,15H2,1-9H3;/q2*-1;. The topological polar surface area (TPSA) is 51.8 Å². The fourth-order valence-electron chi connectivity index (χ4n) is 7.21. The van der Waals surface area contributed by atoms with Gasteiger partial charge in [-0.1, -0.05) is 57.2 Å². The summed E-state index contributed by atoms with van der Waals surface area (Å²) in [4.78, 5) is 14.3. The summed E-state index contributed by atoms with van der Waals surface area (Å²) in [6, 6.07) is 28.1. The van der Waals surface area contributed by atoms with Crippen molar-refractivity contribution in [1.82, 2.24) is 15.0 Å². The van der Waals surface area contributed by atoms with Crippen molar-refractivity contribution in [3.8, 4) is 22.5 Å². The van der Waals surface area contributed by atoms with E-state index in [1.54, 1.807) is 0 Å². The molecule has 0 saturated carbocycles. The quantitative estimate of drug-likeness (QED) is 0.113. The molecule has 295 valence electrons. The molecule has 6 heteroatoms. The first kappa shape index (κ1) is 44.6. The Morgan fingerprint density at radius 2 is 1.40 bits per heavy atom. The van der Waals surface area contributed by atoms with Crippen molar-refractivity contribution in [2.45, 2.75) is 130 Å². The maximum absolute atomic E-state index is 6.26. The molecule has 0 unspecified atom stereocenters. The molecule has 0 bridgehead atoms. The maximum Gasteiger partial charge on any atom is 0.216 e. The van der Waals surface area contributed by atoms with Crippen LogP contribution in [0.1, 0.15) is 117 Å². The molecule has 2 aromatic carbocycles. The Balaban J connectivity index is 0.000000243. The minimum atomic E-state index is -1.95. The predicted octanol–water partition coefficient (Wildman–Crippen LogP) is 13.3. The van der Waals surface area contributed by atoms with E-state index in [-0.39, 0.29) is 36.4 Å². The number of aromatic nitrogens is 3. The second-order valence-corrected chi connectivity index (χ2v) is 30.1. The van der Waals surface area contributed by atoms with Crippen LogP contribution < -0.4 is 4.40 Å². The Labute approximate surface area is 348 Å². The van der Waals surface area contributed by atoms with Crippen molar-refractivity contribution in [2.24, 2.45) is 10.8 Å². The van der Waals surface area contributed by atoms with Crippen LogP contribution in [0.5, 0.6) is 0 Å². The zero-order valence-corrected chi connectivity index (χ0v) is 40.4. The second-order valence-electron chi connectivity index (χ2n) is 19.5. The molecule has 0 amide bonds. The average Bonchev–Trinajstić information content (AvgIpc) is 3.45. The van der Waals surface area contributed by atoms with Crippen LogP contribution in [0, 0.1) is 23.0 Å². The van der Waals surface area contributed by atoms with Crippen LogP contribution in [0.25, 0.3) is 44.6 Å². The van der Waals surface area contributed by atoms with Gasteiger partial charge < -0.3 is 9.40 Å². The Kier molecular flexibility index (Phi) is 14.2. The molecule has 0 spiro atoms. The predicted molar refractivity (Wildman–Crippen MR) is 233 cm³/mol. The van der Waals surface area contributed by atoms with Gasteiger partial charge in [0.05, 0.1) is 5.58 Å². The monoisotopic (exact) mass is 976 g/mol. The summed E-state index contributed by atoms with van der Waals surface area (Å²) in [6.07, 6.45) is 8.32. The summed E-state index contributed by atoms with van der Waals surface area (Å²) in [6.45, 7) is 24.9. The molecule has 0 atom stereocenters. The molecule has 6 rings (SSSR count). The SMILES string of the molecule is CC(C)(C)Cc1cc(-c2[c-]ccc(C(C)(C)C)c2)nc[c]1[Ge]([CH3])([CH3])[CH3].CCC(CC)c1ccnc(-c2[c-]ccc3c2oc2nc(CC(C)(C)C)ccc23)c1.[Ir]. The van der Waals surface area contributed by atoms with E-state index in [9.17, 15) is 0 Å². The van der Waals surface area contributed by atoms with Crippen LogP contribution in [0.4, 0.5) is 0 Å². The molecular weight excluding hydrogens is 911 g/mol. The second kappa shape index (κ2) is 17.6. The molecule has 6 aromatic rings. The third kappa shape index (κ3) is 11.5. The van der Waals surface area contributed by atoms with Crippen molar-refractivity contribution >= 4 is 39.7 Å². The van der Waals surface area contributed by atoms with Crippen LogP contribution in [0.15, 0.2) is 77.5 Å². The summed E-state index contributed by atoms with van der Waals surface area (Å²) in [5, 5.41) is 2.11. The summed E-state index contributed by atoms with van der Waals surface area (Å²) < 4.78 is 7.80. The van der Waals surface area contributed by atoms with Crippen molar-refractivity contribution in [2.75, 3.05) is 0 Å². The van der Waals surface area contributed by atoms with Gasteiger partial charge in [0.25, 0.3) is 0 Å². The van der Waals surface area contributed by atoms with E-state index in [2.05, 4.69) is 165 Å². The zero-order chi connectivity index (χ0) is 39.6. The summed E-state index contributed by atoms with van der Waals surface area (Å²) >= 11 is -1.95. The molecule has 1 radical (unpaired) electrons. The number of benzene rings is 2. The Morgan fingerprint density at radius 3 is 2.02 bits per heavy atom. The molecular formula is C49H63GeIrN3O-2. The average molecular weight is 975 g/mol. The number of pyridine rings is 3. The van der Waals surface area contributed by atoms with Gasteiger partial charge in [-0.25, -0.2) is 4.98 Å². The largest absolute Gasteiger partial charge is 0.486 e. The first-order valence-corrected chi connectivity index (χ1v) is 27.2. The number of fused-ring (bicyclic) bond motifs is 3. The molecule has 4 heterocycles. The molecule has 0 aliphatic heterocycles. The van der Waals surface area contributed by atoms with Crippen LogP contribution in [0.2, 0.25) is 17.3 Å². The third-order valence-electron chi connectivity index (χ3n) is 10.0. The van der Waals surface area contributed by atoms with Gasteiger partial charge in [0.15, 0.2) is 0 Å². The maximum atomic E-state index is 6.26. The summed E-state index contributed by atoms with van der Waals surface area (Å²) in [5.74, 6) is 7.91. The van der Waals surface area contributed by atoms with Gasteiger partial charge >= 0.3 is 158 Å². The van der Waals surface area contributed by atoms with Crippen LogP contribution in [0.3, 0.4) is 0 Å². The number of nitrogens with zero attached hydrogens (tertiary/aromatic N) is 3. The van der Waals surface area contributed by atoms with Gasteiger partial charge in [0.1, 0.15) is 0 Å². The minimum absolute atomic E-state index is 0. The van der Waals surface area contributed by atoms with E-state index in [4.69, 9.17) is 14.4 Å². The Bertz CT molecular complexity index is 2210. The van der Waals surface area contributed by atoms with Crippen LogP contribution in [-0.4, -0.2) is 28.2 Å². The van der Waals surface area contributed by atoms with Crippen molar-refractivity contribution in [1.29, 1.82) is 0 Å². The van der Waals surface area contributed by atoms with Crippen molar-refractivity contribution in [3.05, 3.63) is 108 Å². The minimum Gasteiger partial charge on any atom is -0.486 e. The zero-order valence-electron chi connectivity index (χ0n) is 35.9. The van der Waals surface area contributed by atoms with Gasteiger partial charge in [0.2, 0.25) is 5.71 Å². The molecule has 0 fully saturated rings. The van der Waals surface area contributed by atoms with Crippen molar-refractivity contribution < 1.29 is 24.5 Å². The van der Waals surface area contributed by atoms with Gasteiger partial charge in [-0.15, -0.1) is 18.2 Å². The first-order valence-electron chi connectivity index (χ1n) is 19.9. The fraction of sp³-hybridized carbons (Fsp3) is 0.449. The smallest absolute Gasteiger partial charge is 0.216 e. The normalized spacial score (nSPS) is 12.5. The molecule has 0 aliphatic rings. The van der Waals surface area contributed by atoms with Gasteiger partial charge in [-0.05, 0) is 54.5 Å². The van der Waals surface area contributed by atoms with Gasteiger partial charge in [-0.3, -0.25) is 0 Å². The van der Waals surface area contributed by atoms with Crippen LogP contribution in [-0.2, 0) is 38.4 Å². The van der Waals surface area contributed by atoms with Crippen LogP contribution >= 0.6 is 0 Å². The molecule has 0 N–H and O–H groups in total. The van der Waals surface area contributed by atoms with Gasteiger partial charge in [-0.2, -0.15) is 0 Å². The third-order valence-corrected chi connectivity index (χ3v) is 14.4. The van der Waals surface area contributed by atoms with E-state index < -0.39 is 13.3 Å². The van der Waals surface area contributed by atoms with Gasteiger partial charge in [0, 0.05) is 37.4 Å². The fourth-order valence-corrected chi connectivity index (χ4v) is 10.5. The van der Waals surface area contributed by atoms with E-state index in [0.717, 1.165) is 70.2 Å². The molecule has 0 aliphatic carbocycles. The van der Waals surface area contributed by atoms with Crippen molar-refractivity contribution in [3.63, 3.8) is 0 Å². The Morgan fingerprint density at radius 1 is 0.727 bits per heavy atom. The molecule has 4 aromatic heterocycles. The number of rotatable bonds is 8. The van der Waals surface area contributed by atoms with E-state index in [1.165, 1.54) is 21.1 Å². The number of furan rings is 1. The number of hydrogen-bond acceptors (Lipinski definition) is 4. The van der Waals surface area contributed by atoms with E-state index in [0.29, 0.717) is 11.6 Å². The molecule has 55 heavy (non-hydrogen) atoms. The summed E-state index contributed by atoms with van der Waals surface area (Å²) in [7, 11) is 0. The number of hydrogen-bond donors (Lipinski definition) is 0. The molecule has 4 nitrogen and oxygen atoms in total. The Hall–Kier alpha value is -3.12.